The van der Waals surface area contributed by atoms with E-state index in [4.69, 9.17) is 23.9 Å². The number of ether oxygens (including phenoxy) is 4. The molecule has 2 saturated carbocycles. The van der Waals surface area contributed by atoms with E-state index in [1.807, 2.05) is 45.1 Å². The third-order valence-electron chi connectivity index (χ3n) is 10.5. The number of nitrogens with one attached hydrogen (secondary N) is 3. The van der Waals surface area contributed by atoms with E-state index in [9.17, 15) is 27.6 Å². The lowest BCUT2D eigenvalue weighted by atomic mass is 10.0. The number of hydrogen-bond donors (Lipinski definition) is 3. The zero-order valence-electron chi connectivity index (χ0n) is 33.3. The summed E-state index contributed by atoms with van der Waals surface area (Å²) in [6, 6.07) is 3.18. The van der Waals surface area contributed by atoms with Crippen LogP contribution < -0.4 is 29.6 Å². The van der Waals surface area contributed by atoms with Crippen molar-refractivity contribution < 1.29 is 46.5 Å². The molecule has 1 unspecified atom stereocenters. The maximum Gasteiger partial charge on any atom is 0.408 e. The van der Waals surface area contributed by atoms with Crippen molar-refractivity contribution in [2.24, 2.45) is 5.92 Å². The van der Waals surface area contributed by atoms with Crippen molar-refractivity contribution in [3.05, 3.63) is 35.9 Å². The Hall–Kier alpha value is -4.60. The Balaban J connectivity index is 1.35. The summed E-state index contributed by atoms with van der Waals surface area (Å²) in [6.45, 7) is 10.8. The molecular weight excluding hydrogens is 743 g/mol. The molecule has 3 N–H and O–H groups in total. The van der Waals surface area contributed by atoms with E-state index in [0.717, 1.165) is 18.4 Å². The predicted molar refractivity (Wildman–Crippen MR) is 208 cm³/mol. The van der Waals surface area contributed by atoms with Gasteiger partial charge in [-0.05, 0) is 92.2 Å². The molecule has 2 aromatic rings. The van der Waals surface area contributed by atoms with Crippen LogP contribution in [0.3, 0.4) is 0 Å². The summed E-state index contributed by atoms with van der Waals surface area (Å²) in [7, 11) is -2.33. The van der Waals surface area contributed by atoms with Crippen molar-refractivity contribution in [2.45, 2.75) is 140 Å². The molecule has 0 radical (unpaired) electrons. The van der Waals surface area contributed by atoms with Crippen molar-refractivity contribution in [3.63, 3.8) is 0 Å². The number of nitrogens with zero attached hydrogens (tertiary/aromatic N) is 2. The van der Waals surface area contributed by atoms with Crippen molar-refractivity contribution >= 4 is 44.7 Å². The highest BCUT2D eigenvalue weighted by Crippen LogP contribution is 2.46. The third kappa shape index (κ3) is 9.32. The van der Waals surface area contributed by atoms with Crippen LogP contribution in [0.1, 0.15) is 98.0 Å². The monoisotopic (exact) mass is 797 g/mol. The topological polar surface area (TPSA) is 192 Å². The summed E-state index contributed by atoms with van der Waals surface area (Å²) in [4.78, 5) is 62.0. The van der Waals surface area contributed by atoms with E-state index < -0.39 is 74.3 Å². The number of benzene rings is 1. The summed E-state index contributed by atoms with van der Waals surface area (Å²) in [5.41, 5.74) is -0.958. The van der Waals surface area contributed by atoms with E-state index in [1.54, 1.807) is 33.9 Å². The maximum absolute atomic E-state index is 14.6. The van der Waals surface area contributed by atoms with E-state index in [-0.39, 0.29) is 25.5 Å². The van der Waals surface area contributed by atoms with Gasteiger partial charge in [-0.15, -0.1) is 0 Å². The van der Waals surface area contributed by atoms with Crippen molar-refractivity contribution in [1.29, 1.82) is 0 Å². The third-order valence-corrected chi connectivity index (χ3v) is 12.3. The minimum Gasteiger partial charge on any atom is -0.496 e. The molecule has 306 valence electrons. The van der Waals surface area contributed by atoms with Gasteiger partial charge in [0.1, 0.15) is 40.8 Å². The number of amides is 4. The number of aryl methyl sites for hydroxylation is 1. The number of hydrogen-bond acceptors (Lipinski definition) is 11. The van der Waals surface area contributed by atoms with E-state index >= 15 is 0 Å². The molecule has 56 heavy (non-hydrogen) atoms. The Morgan fingerprint density at radius 2 is 1.82 bits per heavy atom. The molecule has 0 spiro atoms. The number of sulfonamides is 1. The second kappa shape index (κ2) is 16.1. The number of fused-ring (bicyclic) bond motifs is 3. The highest BCUT2D eigenvalue weighted by Gasteiger charge is 2.62. The first kappa shape index (κ1) is 41.0. The molecule has 3 fully saturated rings. The smallest absolute Gasteiger partial charge is 0.408 e. The van der Waals surface area contributed by atoms with Gasteiger partial charge in [-0.1, -0.05) is 25.0 Å². The first-order valence-corrected chi connectivity index (χ1v) is 21.1. The van der Waals surface area contributed by atoms with Crippen LogP contribution in [0.4, 0.5) is 4.79 Å². The quantitative estimate of drug-likeness (QED) is 0.301. The zero-order chi connectivity index (χ0) is 40.6. The van der Waals surface area contributed by atoms with Gasteiger partial charge in [0, 0.05) is 29.4 Å². The molecule has 6 rings (SSSR count). The first-order valence-electron chi connectivity index (χ1n) is 19.6. The highest BCUT2D eigenvalue weighted by atomic mass is 32.2. The molecule has 2 aliphatic carbocycles. The van der Waals surface area contributed by atoms with Crippen molar-refractivity contribution in [3.8, 4) is 17.4 Å². The summed E-state index contributed by atoms with van der Waals surface area (Å²) in [6.07, 6.45) is 6.47. The maximum atomic E-state index is 14.6. The van der Waals surface area contributed by atoms with Crippen LogP contribution in [-0.2, 0) is 29.1 Å². The number of allylic oxidation sites excluding steroid dienone is 1. The van der Waals surface area contributed by atoms with Crippen LogP contribution in [0, 0.1) is 12.8 Å². The van der Waals surface area contributed by atoms with Gasteiger partial charge in [0.05, 0.1) is 30.5 Å². The van der Waals surface area contributed by atoms with Crippen LogP contribution in [-0.4, -0.2) is 96.5 Å². The number of alkyl carbamates (subject to hydrolysis) is 1. The summed E-state index contributed by atoms with van der Waals surface area (Å²) < 4.78 is 51.7. The van der Waals surface area contributed by atoms with Crippen LogP contribution >= 0.6 is 0 Å². The number of rotatable bonds is 9. The Morgan fingerprint density at radius 1 is 1.07 bits per heavy atom. The predicted octanol–water partition coefficient (Wildman–Crippen LogP) is 4.58. The van der Waals surface area contributed by atoms with Gasteiger partial charge in [-0.2, -0.15) is 0 Å². The fourth-order valence-corrected chi connectivity index (χ4v) is 8.82. The van der Waals surface area contributed by atoms with Gasteiger partial charge in [0.15, 0.2) is 0 Å². The summed E-state index contributed by atoms with van der Waals surface area (Å²) in [5.74, 6) is -0.982. The molecule has 3 heterocycles. The molecule has 5 atom stereocenters. The van der Waals surface area contributed by atoms with Gasteiger partial charge in [-0.25, -0.2) is 18.2 Å². The lowest BCUT2D eigenvalue weighted by Crippen LogP contribution is -2.58. The molecule has 4 aliphatic rings. The minimum atomic E-state index is -3.90. The number of carbonyl (C=O) groups is 4. The number of aromatic nitrogens is 1. The van der Waals surface area contributed by atoms with Crippen molar-refractivity contribution in [2.75, 3.05) is 13.7 Å². The Bertz CT molecular complexity index is 1990. The Morgan fingerprint density at radius 3 is 2.50 bits per heavy atom. The molecule has 1 aromatic heterocycles. The Labute approximate surface area is 328 Å². The van der Waals surface area contributed by atoms with Crippen LogP contribution in [0.5, 0.6) is 17.4 Å². The van der Waals surface area contributed by atoms with Crippen LogP contribution in [0.2, 0.25) is 0 Å². The Kier molecular flexibility index (Phi) is 11.8. The number of pyridine rings is 1. The standard InChI is InChI=1S/C40H55N5O10S/c1-23(2)53-33-20-32(28-17-18-31(52-7)24(3)34(28)42-33)54-26-19-30-35(46)43-40(37(48)44-56(50,51)27-15-16-27)21-25(40)13-11-9-8-10-12-14-29(36(47)45(30)22-26)41-38(49)55-39(4,5)6/h11,13,17-18,20,23,25-27,29-30H,8-10,12,14-16,19,21-22H2,1-7H3,(H,41,49)(H,43,46)(H,44,48)/b13-11-/t25?,26-,29+,30+,40-/m1/s1. The molecule has 0 bridgehead atoms. The lowest BCUT2D eigenvalue weighted by molar-refractivity contribution is -0.141. The SMILES string of the molecule is COc1ccc2c(O[C@@H]3C[C@H]4C(=O)N[C@]5(C(=O)NS(=O)(=O)C6CC6)CC5/C=C\CCCCC[C@H](NC(=O)OC(C)(C)C)C(=O)N4C3)cc(OC(C)C)nc2c1C. The summed E-state index contributed by atoms with van der Waals surface area (Å²) in [5, 5.41) is 5.68. The van der Waals surface area contributed by atoms with E-state index in [0.29, 0.717) is 60.4 Å². The van der Waals surface area contributed by atoms with Crippen LogP contribution in [0.25, 0.3) is 10.9 Å². The van der Waals surface area contributed by atoms with E-state index in [2.05, 4.69) is 15.4 Å². The molecule has 4 amide bonds. The summed E-state index contributed by atoms with van der Waals surface area (Å²) >= 11 is 0. The van der Waals surface area contributed by atoms with Crippen LogP contribution in [0.15, 0.2) is 30.4 Å². The average molecular weight is 798 g/mol. The van der Waals surface area contributed by atoms with Gasteiger partial charge < -0.3 is 34.5 Å². The first-order chi connectivity index (χ1) is 26.4. The molecule has 2 aliphatic heterocycles. The average Bonchev–Trinajstić information content (AvgIpc) is 4.03. The number of methoxy groups -OCH3 is 1. The molecular formula is C40H55N5O10S. The minimum absolute atomic E-state index is 0.0265. The normalized spacial score (nSPS) is 26.5. The molecule has 1 saturated heterocycles. The zero-order valence-corrected chi connectivity index (χ0v) is 34.1. The van der Waals surface area contributed by atoms with E-state index in [1.165, 1.54) is 4.90 Å². The highest BCUT2D eigenvalue weighted by molar-refractivity contribution is 7.91. The largest absolute Gasteiger partial charge is 0.496 e. The van der Waals surface area contributed by atoms with Crippen molar-refractivity contribution in [1.82, 2.24) is 25.2 Å². The van der Waals surface area contributed by atoms with Gasteiger partial charge in [0.2, 0.25) is 27.7 Å². The molecule has 1 aromatic carbocycles. The fraction of sp³-hybridized carbons (Fsp3) is 0.625. The fourth-order valence-electron chi connectivity index (χ4n) is 7.45. The van der Waals surface area contributed by atoms with Gasteiger partial charge in [-0.3, -0.25) is 19.1 Å². The van der Waals surface area contributed by atoms with Gasteiger partial charge >= 0.3 is 6.09 Å². The number of carbonyl (C=O) groups excluding carboxylic acids is 4. The van der Waals surface area contributed by atoms with Gasteiger partial charge in [0.25, 0.3) is 5.91 Å². The molecule has 15 nitrogen and oxygen atoms in total. The second-order valence-corrected chi connectivity index (χ2v) is 18.6. The second-order valence-electron chi connectivity index (χ2n) is 16.6. The lowest BCUT2D eigenvalue weighted by Gasteiger charge is -2.30. The molecule has 16 heteroatoms.